The van der Waals surface area contributed by atoms with Crippen LogP contribution < -0.4 is 15.4 Å². The van der Waals surface area contributed by atoms with Crippen LogP contribution >= 0.6 is 0 Å². The van der Waals surface area contributed by atoms with Gasteiger partial charge in [-0.3, -0.25) is 4.79 Å². The van der Waals surface area contributed by atoms with Crippen LogP contribution in [0.15, 0.2) is 61.1 Å². The Hall–Kier alpha value is -4.45. The molecular formula is C27H25N7O2. The fraction of sp³-hybridized carbons (Fsp3) is 0.296. The average Bonchev–Trinajstić information content (AvgIpc) is 3.66. The van der Waals surface area contributed by atoms with Crippen molar-refractivity contribution in [1.82, 2.24) is 19.6 Å². The molecule has 0 aromatic carbocycles. The van der Waals surface area contributed by atoms with E-state index in [0.717, 1.165) is 48.1 Å². The highest BCUT2D eigenvalue weighted by Gasteiger charge is 2.31. The third-order valence-electron chi connectivity index (χ3n) is 6.68. The molecule has 0 radical (unpaired) electrons. The second kappa shape index (κ2) is 9.30. The van der Waals surface area contributed by atoms with Crippen molar-refractivity contribution in [3.8, 4) is 22.9 Å². The van der Waals surface area contributed by atoms with Gasteiger partial charge < -0.3 is 15.4 Å². The summed E-state index contributed by atoms with van der Waals surface area (Å²) >= 11 is 0. The molecular weight excluding hydrogens is 454 g/mol. The lowest BCUT2D eigenvalue weighted by Crippen LogP contribution is -2.38. The maximum Gasteiger partial charge on any atom is 0.228 e. The molecule has 2 aliphatic carbocycles. The first-order valence-corrected chi connectivity index (χ1v) is 12.2. The lowest BCUT2D eigenvalue weighted by molar-refractivity contribution is -0.117. The standard InChI is InChI=1S/C27H25N7O2/c28-14-21-12-23(19-6-8-34-22(11-19)13-26(33-34)32-27(35)18-4-5-18)24(15-30-21)36-16-17-9-20(10-17)31-25-3-1-2-7-29-25/h1-3,6-8,11-13,15,17-18,20H,4-5,9-10,16H2,(H,29,31)(H,32,33,35)/t17-,20+. The molecule has 0 atom stereocenters. The highest BCUT2D eigenvalue weighted by molar-refractivity contribution is 5.93. The Balaban J connectivity index is 1.15. The molecule has 4 heterocycles. The van der Waals surface area contributed by atoms with Crippen molar-refractivity contribution in [3.63, 3.8) is 0 Å². The highest BCUT2D eigenvalue weighted by atomic mass is 16.5. The first-order chi connectivity index (χ1) is 17.6. The SMILES string of the molecule is N#Cc1cc(-c2ccn3nc(NC(=O)C4CC4)cc3c2)c(OC[C@H]2C[C@@H](Nc3ccccn3)C2)cn1. The van der Waals surface area contributed by atoms with Gasteiger partial charge in [-0.15, -0.1) is 0 Å². The predicted octanol–water partition coefficient (Wildman–Crippen LogP) is 4.28. The Morgan fingerprint density at radius 3 is 2.81 bits per heavy atom. The first-order valence-electron chi connectivity index (χ1n) is 12.2. The normalized spacial score (nSPS) is 18.8. The number of nitrogens with one attached hydrogen (secondary N) is 2. The van der Waals surface area contributed by atoms with E-state index in [-0.39, 0.29) is 11.8 Å². The maximum atomic E-state index is 12.1. The molecule has 2 N–H and O–H groups in total. The van der Waals surface area contributed by atoms with E-state index in [1.54, 1.807) is 23.0 Å². The number of ether oxygens (including phenoxy) is 1. The van der Waals surface area contributed by atoms with E-state index >= 15 is 0 Å². The van der Waals surface area contributed by atoms with Crippen molar-refractivity contribution in [2.75, 3.05) is 17.2 Å². The molecule has 4 aromatic heterocycles. The third-order valence-corrected chi connectivity index (χ3v) is 6.68. The highest BCUT2D eigenvalue weighted by Crippen LogP contribution is 2.35. The van der Waals surface area contributed by atoms with Crippen LogP contribution in [0.1, 0.15) is 31.4 Å². The summed E-state index contributed by atoms with van der Waals surface area (Å²) in [4.78, 5) is 20.7. The van der Waals surface area contributed by atoms with Gasteiger partial charge in [-0.1, -0.05) is 6.07 Å². The van der Waals surface area contributed by atoms with Crippen molar-refractivity contribution in [2.24, 2.45) is 11.8 Å². The zero-order valence-corrected chi connectivity index (χ0v) is 19.6. The smallest absolute Gasteiger partial charge is 0.228 e. The Morgan fingerprint density at radius 2 is 2.03 bits per heavy atom. The fourth-order valence-electron chi connectivity index (χ4n) is 4.50. The van der Waals surface area contributed by atoms with Crippen LogP contribution in [0.4, 0.5) is 11.6 Å². The van der Waals surface area contributed by atoms with Crippen LogP contribution in [0.5, 0.6) is 5.75 Å². The minimum absolute atomic E-state index is 0.0237. The van der Waals surface area contributed by atoms with Gasteiger partial charge in [-0.2, -0.15) is 10.4 Å². The van der Waals surface area contributed by atoms with Crippen LogP contribution in [0.3, 0.4) is 0 Å². The second-order valence-electron chi connectivity index (χ2n) is 9.46. The number of hydrogen-bond acceptors (Lipinski definition) is 7. The van der Waals surface area contributed by atoms with Crippen LogP contribution in [-0.2, 0) is 4.79 Å². The molecule has 36 heavy (non-hydrogen) atoms. The Kier molecular flexibility index (Phi) is 5.70. The van der Waals surface area contributed by atoms with Crippen LogP contribution in [-0.4, -0.2) is 38.1 Å². The Bertz CT molecular complexity index is 1450. The van der Waals surface area contributed by atoms with Gasteiger partial charge in [0.1, 0.15) is 23.3 Å². The van der Waals surface area contributed by atoms with Gasteiger partial charge in [-0.05, 0) is 67.5 Å². The van der Waals surface area contributed by atoms with Crippen LogP contribution in [0, 0.1) is 23.2 Å². The number of carbonyl (C=O) groups excluding carboxylic acids is 1. The summed E-state index contributed by atoms with van der Waals surface area (Å²) in [6.45, 7) is 0.577. The summed E-state index contributed by atoms with van der Waals surface area (Å²) in [6, 6.07) is 15.8. The lowest BCUT2D eigenvalue weighted by Gasteiger charge is -2.36. The Labute approximate surface area is 208 Å². The summed E-state index contributed by atoms with van der Waals surface area (Å²) in [5.41, 5.74) is 2.85. The van der Waals surface area contributed by atoms with E-state index in [9.17, 15) is 10.1 Å². The molecule has 9 nitrogen and oxygen atoms in total. The summed E-state index contributed by atoms with van der Waals surface area (Å²) in [5, 5.41) is 20.2. The van der Waals surface area contributed by atoms with E-state index < -0.39 is 0 Å². The van der Waals surface area contributed by atoms with Crippen molar-refractivity contribution in [3.05, 3.63) is 66.7 Å². The van der Waals surface area contributed by atoms with Gasteiger partial charge in [0.2, 0.25) is 5.91 Å². The molecule has 0 saturated heterocycles. The molecule has 2 saturated carbocycles. The summed E-state index contributed by atoms with van der Waals surface area (Å²) in [6.07, 6.45) is 9.15. The van der Waals surface area contributed by atoms with Gasteiger partial charge in [0.25, 0.3) is 0 Å². The summed E-state index contributed by atoms with van der Waals surface area (Å²) in [7, 11) is 0. The molecule has 0 bridgehead atoms. The number of rotatable bonds is 8. The van der Waals surface area contributed by atoms with E-state index in [1.165, 1.54) is 0 Å². The number of aromatic nitrogens is 4. The zero-order valence-electron chi connectivity index (χ0n) is 19.6. The summed E-state index contributed by atoms with van der Waals surface area (Å²) < 4.78 is 7.93. The van der Waals surface area contributed by atoms with Gasteiger partial charge in [-0.25, -0.2) is 14.5 Å². The lowest BCUT2D eigenvalue weighted by atomic mass is 9.81. The largest absolute Gasteiger partial charge is 0.491 e. The second-order valence-corrected chi connectivity index (χ2v) is 9.46. The molecule has 2 aliphatic rings. The molecule has 9 heteroatoms. The number of amides is 1. The molecule has 2 fully saturated rings. The number of fused-ring (bicyclic) bond motifs is 1. The molecule has 0 unspecified atom stereocenters. The quantitative estimate of drug-likeness (QED) is 0.387. The minimum atomic E-state index is 0.0237. The molecule has 0 aliphatic heterocycles. The van der Waals surface area contributed by atoms with Gasteiger partial charge in [0.05, 0.1) is 18.3 Å². The number of hydrogen-bond donors (Lipinski definition) is 2. The van der Waals surface area contributed by atoms with E-state index in [0.29, 0.717) is 35.8 Å². The third kappa shape index (κ3) is 4.70. The van der Waals surface area contributed by atoms with Crippen molar-refractivity contribution in [2.45, 2.75) is 31.7 Å². The Morgan fingerprint density at radius 1 is 1.14 bits per heavy atom. The van der Waals surface area contributed by atoms with E-state index in [4.69, 9.17) is 4.74 Å². The van der Waals surface area contributed by atoms with Crippen LogP contribution in [0.25, 0.3) is 16.6 Å². The zero-order chi connectivity index (χ0) is 24.5. The van der Waals surface area contributed by atoms with Gasteiger partial charge in [0.15, 0.2) is 5.82 Å². The number of carbonyl (C=O) groups is 1. The fourth-order valence-corrected chi connectivity index (χ4v) is 4.50. The van der Waals surface area contributed by atoms with Crippen molar-refractivity contribution in [1.29, 1.82) is 5.26 Å². The number of anilines is 2. The predicted molar refractivity (Wildman–Crippen MR) is 134 cm³/mol. The average molecular weight is 480 g/mol. The van der Waals surface area contributed by atoms with Gasteiger partial charge >= 0.3 is 0 Å². The first kappa shape index (κ1) is 22.0. The monoisotopic (exact) mass is 479 g/mol. The van der Waals surface area contributed by atoms with Gasteiger partial charge in [0, 0.05) is 36.0 Å². The molecule has 6 rings (SSSR count). The van der Waals surface area contributed by atoms with Crippen molar-refractivity contribution >= 4 is 23.1 Å². The maximum absolute atomic E-state index is 12.1. The van der Waals surface area contributed by atoms with E-state index in [2.05, 4.69) is 31.8 Å². The molecule has 4 aromatic rings. The molecule has 0 spiro atoms. The van der Waals surface area contributed by atoms with Crippen LogP contribution in [0.2, 0.25) is 0 Å². The molecule has 1 amide bonds. The summed E-state index contributed by atoms with van der Waals surface area (Å²) in [5.74, 6) is 2.64. The number of nitrogens with zero attached hydrogens (tertiary/aromatic N) is 5. The van der Waals surface area contributed by atoms with E-state index in [1.807, 2.05) is 42.6 Å². The number of pyridine rings is 3. The number of nitriles is 1. The topological polar surface area (TPSA) is 117 Å². The van der Waals surface area contributed by atoms with Crippen molar-refractivity contribution < 1.29 is 9.53 Å². The molecule has 180 valence electrons. The minimum Gasteiger partial charge on any atom is -0.491 e.